The number of fused-ring (bicyclic) bond motifs is 1. The number of aromatic hydroxyl groups is 2. The number of rotatable bonds is 5. The van der Waals surface area contributed by atoms with Crippen molar-refractivity contribution in [1.29, 1.82) is 0 Å². The number of carbonyl (C=O) groups is 2. The maximum Gasteiger partial charge on any atom is 0.342 e. The van der Waals surface area contributed by atoms with Crippen LogP contribution in [0.2, 0.25) is 0 Å². The van der Waals surface area contributed by atoms with Crippen LogP contribution in [0.3, 0.4) is 0 Å². The van der Waals surface area contributed by atoms with E-state index in [4.69, 9.17) is 9.47 Å². The lowest BCUT2D eigenvalue weighted by molar-refractivity contribution is -0.136. The number of nitrogens with zero attached hydrogens (tertiary/aromatic N) is 2. The first kappa shape index (κ1) is 29.6. The Kier molecular flexibility index (Phi) is 11.2. The van der Waals surface area contributed by atoms with Gasteiger partial charge in [-0.05, 0) is 56.9 Å². The van der Waals surface area contributed by atoms with Crippen molar-refractivity contribution in [2.24, 2.45) is 4.99 Å². The summed E-state index contributed by atoms with van der Waals surface area (Å²) in [6, 6.07) is 1.19. The fraction of sp³-hybridized carbons (Fsp3) is 0.621. The van der Waals surface area contributed by atoms with Crippen LogP contribution in [0.25, 0.3) is 0 Å². The number of piperidine rings is 1. The van der Waals surface area contributed by atoms with Crippen molar-refractivity contribution in [1.82, 2.24) is 4.90 Å². The van der Waals surface area contributed by atoms with Gasteiger partial charge in [-0.15, -0.1) is 0 Å². The van der Waals surface area contributed by atoms with Crippen LogP contribution in [0.5, 0.6) is 11.5 Å². The summed E-state index contributed by atoms with van der Waals surface area (Å²) >= 11 is 0. The number of hydrogen-bond acceptors (Lipinski definition) is 8. The Morgan fingerprint density at radius 2 is 1.92 bits per heavy atom. The molecule has 2 heterocycles. The summed E-state index contributed by atoms with van der Waals surface area (Å²) < 4.78 is 11.2. The van der Waals surface area contributed by atoms with Crippen molar-refractivity contribution in [2.45, 2.75) is 90.3 Å². The van der Waals surface area contributed by atoms with E-state index in [1.165, 1.54) is 6.07 Å². The molecule has 1 saturated heterocycles. The van der Waals surface area contributed by atoms with Gasteiger partial charge in [-0.2, -0.15) is 0 Å². The minimum Gasteiger partial charge on any atom is -0.508 e. The molecule has 1 amide bonds. The van der Waals surface area contributed by atoms with Crippen LogP contribution in [0.1, 0.15) is 93.1 Å². The van der Waals surface area contributed by atoms with Gasteiger partial charge in [0.1, 0.15) is 36.5 Å². The molecular formula is C29H42N2O7. The molecule has 0 aromatic heterocycles. The topological polar surface area (TPSA) is 129 Å². The summed E-state index contributed by atoms with van der Waals surface area (Å²) in [6.07, 6.45) is 7.80. The fourth-order valence-electron chi connectivity index (χ4n) is 5.04. The number of esters is 1. The lowest BCUT2D eigenvalue weighted by Crippen LogP contribution is -2.38. The van der Waals surface area contributed by atoms with Gasteiger partial charge in [0.2, 0.25) is 5.91 Å². The molecule has 0 saturated carbocycles. The highest BCUT2D eigenvalue weighted by molar-refractivity contribution is 5.98. The smallest absolute Gasteiger partial charge is 0.342 e. The average molecular weight is 531 g/mol. The number of carbonyl (C=O) groups excluding carboxylic acids is 2. The van der Waals surface area contributed by atoms with E-state index in [2.05, 4.69) is 4.99 Å². The molecule has 210 valence electrons. The number of hydrogen-bond donors (Lipinski definition) is 3. The SMILES string of the molecule is CC(C)c1c(O)cc(O)c2c1C/C(=N\COCC(=O)N1CCCCC1)CCC[C@H](O)/C=C/C[C@@H](C)OC2=O. The molecule has 9 nitrogen and oxygen atoms in total. The van der Waals surface area contributed by atoms with Crippen LogP contribution >= 0.6 is 0 Å². The van der Waals surface area contributed by atoms with Crippen molar-refractivity contribution in [3.8, 4) is 11.5 Å². The van der Waals surface area contributed by atoms with E-state index in [9.17, 15) is 24.9 Å². The van der Waals surface area contributed by atoms with Crippen LogP contribution in [0.15, 0.2) is 23.2 Å². The van der Waals surface area contributed by atoms with E-state index in [0.717, 1.165) is 32.4 Å². The van der Waals surface area contributed by atoms with E-state index in [1.54, 1.807) is 19.1 Å². The lowest BCUT2D eigenvalue weighted by Gasteiger charge is -2.26. The molecule has 0 spiro atoms. The highest BCUT2D eigenvalue weighted by Crippen LogP contribution is 2.38. The lowest BCUT2D eigenvalue weighted by atomic mass is 9.87. The number of ether oxygens (including phenoxy) is 2. The minimum atomic E-state index is -0.680. The quantitative estimate of drug-likeness (QED) is 0.295. The number of aliphatic imine (C=N–C) groups is 1. The second-order valence-electron chi connectivity index (χ2n) is 10.5. The van der Waals surface area contributed by atoms with E-state index >= 15 is 0 Å². The second kappa shape index (κ2) is 14.3. The highest BCUT2D eigenvalue weighted by Gasteiger charge is 2.27. The van der Waals surface area contributed by atoms with E-state index in [0.29, 0.717) is 42.5 Å². The molecule has 1 aromatic carbocycles. The first-order chi connectivity index (χ1) is 18.2. The molecular weight excluding hydrogens is 488 g/mol. The summed E-state index contributed by atoms with van der Waals surface area (Å²) in [5.41, 5.74) is 1.71. The van der Waals surface area contributed by atoms with Gasteiger partial charge in [0.15, 0.2) is 0 Å². The standard InChI is InChI=1S/C29H42N2O7/c1-19(2)27-23-15-21(30-18-37-17-26(35)31-13-5-4-6-14-31)10-8-12-22(32)11-7-9-20(3)38-29(36)28(23)25(34)16-24(27)33/h7,11,16,19-20,22,32-34H,4-6,8-10,12-15,17-18H2,1-3H3/b11-7+,30-21-/t20-,22-/m1/s1. The van der Waals surface area contributed by atoms with Crippen molar-refractivity contribution in [3.05, 3.63) is 34.9 Å². The molecule has 9 heteroatoms. The number of amides is 1. The molecule has 0 unspecified atom stereocenters. The van der Waals surface area contributed by atoms with Gasteiger partial charge in [-0.1, -0.05) is 26.0 Å². The number of aliphatic hydroxyl groups excluding tert-OH is 1. The predicted octanol–water partition coefficient (Wildman–Crippen LogP) is 4.23. The molecule has 3 rings (SSSR count). The van der Waals surface area contributed by atoms with Crippen LogP contribution in [0, 0.1) is 0 Å². The van der Waals surface area contributed by atoms with E-state index < -0.39 is 18.2 Å². The molecule has 2 aliphatic heterocycles. The summed E-state index contributed by atoms with van der Waals surface area (Å²) in [5.74, 6) is -1.32. The Morgan fingerprint density at radius 3 is 2.63 bits per heavy atom. The van der Waals surface area contributed by atoms with Gasteiger partial charge in [-0.3, -0.25) is 9.79 Å². The number of likely N-dealkylation sites (tertiary alicyclic amines) is 1. The third kappa shape index (κ3) is 8.30. The molecule has 1 aromatic rings. The Labute approximate surface area is 225 Å². The zero-order valence-corrected chi connectivity index (χ0v) is 22.8. The number of aliphatic hydroxyl groups is 1. The van der Waals surface area contributed by atoms with Crippen LogP contribution in [0.4, 0.5) is 0 Å². The average Bonchev–Trinajstić information content (AvgIpc) is 2.85. The maximum atomic E-state index is 13.2. The first-order valence-corrected chi connectivity index (χ1v) is 13.7. The monoisotopic (exact) mass is 530 g/mol. The summed E-state index contributed by atoms with van der Waals surface area (Å²) in [6.45, 7) is 6.97. The van der Waals surface area contributed by atoms with Crippen molar-refractivity contribution in [3.63, 3.8) is 0 Å². The summed E-state index contributed by atoms with van der Waals surface area (Å²) in [7, 11) is 0. The number of cyclic esters (lactones) is 1. The Balaban J connectivity index is 1.89. The molecule has 38 heavy (non-hydrogen) atoms. The van der Waals surface area contributed by atoms with Gasteiger partial charge < -0.3 is 29.7 Å². The third-order valence-corrected chi connectivity index (χ3v) is 7.01. The van der Waals surface area contributed by atoms with Gasteiger partial charge in [0.05, 0.1) is 6.10 Å². The molecule has 0 bridgehead atoms. The largest absolute Gasteiger partial charge is 0.508 e. The Morgan fingerprint density at radius 1 is 1.18 bits per heavy atom. The third-order valence-electron chi connectivity index (χ3n) is 7.01. The van der Waals surface area contributed by atoms with Crippen molar-refractivity contribution >= 4 is 17.6 Å². The number of phenols is 2. The number of benzene rings is 1. The molecule has 0 radical (unpaired) electrons. The minimum absolute atomic E-state index is 0.0216. The number of phenolic OH excluding ortho intramolecular Hbond substituents is 2. The Bertz CT molecular complexity index is 1030. The van der Waals surface area contributed by atoms with Gasteiger partial charge in [-0.25, -0.2) is 4.79 Å². The van der Waals surface area contributed by atoms with E-state index in [1.807, 2.05) is 18.7 Å². The molecule has 0 aliphatic carbocycles. The van der Waals surface area contributed by atoms with Gasteiger partial charge >= 0.3 is 5.97 Å². The van der Waals surface area contributed by atoms with Crippen LogP contribution in [-0.4, -0.2) is 76.4 Å². The first-order valence-electron chi connectivity index (χ1n) is 13.7. The van der Waals surface area contributed by atoms with Crippen molar-refractivity contribution in [2.75, 3.05) is 26.4 Å². The molecule has 3 N–H and O–H groups in total. The normalized spacial score (nSPS) is 23.6. The van der Waals surface area contributed by atoms with Crippen LogP contribution in [-0.2, 0) is 20.7 Å². The molecule has 1 fully saturated rings. The fourth-order valence-corrected chi connectivity index (χ4v) is 5.04. The molecule has 2 aliphatic rings. The second-order valence-corrected chi connectivity index (χ2v) is 10.5. The summed E-state index contributed by atoms with van der Waals surface area (Å²) in [4.78, 5) is 32.1. The zero-order valence-electron chi connectivity index (χ0n) is 22.8. The Hall–Kier alpha value is -2.91. The highest BCUT2D eigenvalue weighted by atomic mass is 16.5. The van der Waals surface area contributed by atoms with Gasteiger partial charge in [0, 0.05) is 43.3 Å². The maximum absolute atomic E-state index is 13.2. The zero-order chi connectivity index (χ0) is 27.7. The van der Waals surface area contributed by atoms with E-state index in [-0.39, 0.29) is 48.6 Å². The molecule has 2 atom stereocenters. The van der Waals surface area contributed by atoms with Crippen LogP contribution < -0.4 is 0 Å². The predicted molar refractivity (Wildman–Crippen MR) is 145 cm³/mol. The van der Waals surface area contributed by atoms with Crippen molar-refractivity contribution < 1.29 is 34.4 Å². The van der Waals surface area contributed by atoms with Gasteiger partial charge in [0.25, 0.3) is 0 Å². The summed E-state index contributed by atoms with van der Waals surface area (Å²) in [5, 5.41) is 31.7.